The molecule has 0 N–H and O–H groups in total. The van der Waals surface area contributed by atoms with Crippen LogP contribution in [0, 0.1) is 5.92 Å². The van der Waals surface area contributed by atoms with Gasteiger partial charge in [0.2, 0.25) is 0 Å². The third kappa shape index (κ3) is 4.36. The Morgan fingerprint density at radius 3 is 2.58 bits per heavy atom. The number of unbranched alkanes of at least 4 members (excludes halogenated alkanes) is 1. The van der Waals surface area contributed by atoms with Crippen LogP contribution in [0.1, 0.15) is 38.5 Å². The Labute approximate surface area is 81.3 Å². The maximum Gasteiger partial charge on any atom is 0.0468 e. The van der Waals surface area contributed by atoms with Gasteiger partial charge in [0.05, 0.1) is 0 Å². The molecule has 0 aliphatic heterocycles. The molecule has 1 saturated carbocycles. The fourth-order valence-electron chi connectivity index (χ4n) is 1.45. The number of thiol groups is 1. The fourth-order valence-corrected chi connectivity index (χ4v) is 1.67. The predicted octanol–water partition coefficient (Wildman–Crippen LogP) is 2.90. The van der Waals surface area contributed by atoms with Crippen LogP contribution in [0.15, 0.2) is 0 Å². The molecule has 1 rings (SSSR count). The van der Waals surface area contributed by atoms with Crippen LogP contribution < -0.4 is 0 Å². The van der Waals surface area contributed by atoms with Gasteiger partial charge in [-0.1, -0.05) is 19.3 Å². The molecule has 0 aromatic carbocycles. The Balaban J connectivity index is 1.70. The molecule has 1 fully saturated rings. The highest BCUT2D eigenvalue weighted by molar-refractivity contribution is 7.80. The van der Waals surface area contributed by atoms with E-state index >= 15 is 0 Å². The van der Waals surface area contributed by atoms with Crippen LogP contribution in [0.2, 0.25) is 0 Å². The Morgan fingerprint density at radius 1 is 1.17 bits per heavy atom. The third-order valence-corrected chi connectivity index (χ3v) is 2.91. The van der Waals surface area contributed by atoms with Crippen molar-refractivity contribution in [2.24, 2.45) is 5.92 Å². The highest BCUT2D eigenvalue weighted by Gasteiger charge is 2.16. The average molecular weight is 188 g/mol. The monoisotopic (exact) mass is 188 g/mol. The maximum atomic E-state index is 5.51. The standard InChI is InChI=1S/C10H20OS/c12-9-2-1-7-11-8-6-10-4-3-5-10/h10,12H,1-9H2. The maximum absolute atomic E-state index is 5.51. The van der Waals surface area contributed by atoms with Crippen LogP contribution in [0.5, 0.6) is 0 Å². The summed E-state index contributed by atoms with van der Waals surface area (Å²) in [6, 6.07) is 0. The predicted molar refractivity (Wildman–Crippen MR) is 55.9 cm³/mol. The van der Waals surface area contributed by atoms with Gasteiger partial charge in [-0.15, -0.1) is 0 Å². The molecule has 0 saturated heterocycles. The molecule has 12 heavy (non-hydrogen) atoms. The molecule has 0 unspecified atom stereocenters. The zero-order valence-electron chi connectivity index (χ0n) is 7.80. The van der Waals surface area contributed by atoms with Gasteiger partial charge in [0.1, 0.15) is 0 Å². The van der Waals surface area contributed by atoms with Gasteiger partial charge in [0.15, 0.2) is 0 Å². The van der Waals surface area contributed by atoms with E-state index in [1.165, 1.54) is 38.5 Å². The summed E-state index contributed by atoms with van der Waals surface area (Å²) in [5, 5.41) is 0. The van der Waals surface area contributed by atoms with Gasteiger partial charge in [-0.25, -0.2) is 0 Å². The van der Waals surface area contributed by atoms with Crippen molar-refractivity contribution in [2.45, 2.75) is 38.5 Å². The van der Waals surface area contributed by atoms with E-state index in [4.69, 9.17) is 4.74 Å². The normalized spacial score (nSPS) is 17.8. The molecule has 0 heterocycles. The van der Waals surface area contributed by atoms with E-state index in [0.29, 0.717) is 0 Å². The van der Waals surface area contributed by atoms with E-state index in [-0.39, 0.29) is 0 Å². The lowest BCUT2D eigenvalue weighted by Gasteiger charge is -2.24. The molecule has 0 spiro atoms. The fraction of sp³-hybridized carbons (Fsp3) is 1.00. The van der Waals surface area contributed by atoms with Gasteiger partial charge in [0, 0.05) is 13.2 Å². The number of hydrogen-bond donors (Lipinski definition) is 1. The summed E-state index contributed by atoms with van der Waals surface area (Å²) in [5.74, 6) is 1.99. The van der Waals surface area contributed by atoms with Crippen LogP contribution in [-0.4, -0.2) is 19.0 Å². The summed E-state index contributed by atoms with van der Waals surface area (Å²) in [4.78, 5) is 0. The van der Waals surface area contributed by atoms with Crippen molar-refractivity contribution in [2.75, 3.05) is 19.0 Å². The van der Waals surface area contributed by atoms with Crippen molar-refractivity contribution in [3.63, 3.8) is 0 Å². The molecule has 2 heteroatoms. The van der Waals surface area contributed by atoms with E-state index in [1.807, 2.05) is 0 Å². The minimum absolute atomic E-state index is 0.938. The molecule has 0 aromatic rings. The Hall–Kier alpha value is 0.310. The number of ether oxygens (including phenoxy) is 1. The summed E-state index contributed by atoms with van der Waals surface area (Å²) in [7, 11) is 0. The molecule has 0 bridgehead atoms. The quantitative estimate of drug-likeness (QED) is 0.477. The first-order valence-electron chi connectivity index (χ1n) is 5.12. The van der Waals surface area contributed by atoms with E-state index in [2.05, 4.69) is 12.6 Å². The molecule has 72 valence electrons. The Morgan fingerprint density at radius 2 is 2.00 bits per heavy atom. The summed E-state index contributed by atoms with van der Waals surface area (Å²) < 4.78 is 5.51. The van der Waals surface area contributed by atoms with Crippen LogP contribution in [0.25, 0.3) is 0 Å². The topological polar surface area (TPSA) is 9.23 Å². The van der Waals surface area contributed by atoms with E-state index in [9.17, 15) is 0 Å². The van der Waals surface area contributed by atoms with Crippen molar-refractivity contribution in [3.05, 3.63) is 0 Å². The largest absolute Gasteiger partial charge is 0.381 e. The first kappa shape index (κ1) is 10.4. The van der Waals surface area contributed by atoms with Crippen LogP contribution >= 0.6 is 12.6 Å². The minimum Gasteiger partial charge on any atom is -0.381 e. The molecule has 1 nitrogen and oxygen atoms in total. The second-order valence-electron chi connectivity index (χ2n) is 3.63. The summed E-state index contributed by atoms with van der Waals surface area (Å²) in [6.45, 7) is 1.92. The van der Waals surface area contributed by atoms with Gasteiger partial charge in [-0.05, 0) is 30.9 Å². The lowest BCUT2D eigenvalue weighted by molar-refractivity contribution is 0.104. The smallest absolute Gasteiger partial charge is 0.0468 e. The second-order valence-corrected chi connectivity index (χ2v) is 4.08. The Bertz CT molecular complexity index is 102. The zero-order chi connectivity index (χ0) is 8.65. The van der Waals surface area contributed by atoms with Crippen molar-refractivity contribution < 1.29 is 4.74 Å². The van der Waals surface area contributed by atoms with Crippen LogP contribution in [-0.2, 0) is 4.74 Å². The highest BCUT2D eigenvalue weighted by atomic mass is 32.1. The van der Waals surface area contributed by atoms with Crippen LogP contribution in [0.4, 0.5) is 0 Å². The van der Waals surface area contributed by atoms with Gasteiger partial charge >= 0.3 is 0 Å². The SMILES string of the molecule is SCCCCOCCC1CCC1. The van der Waals surface area contributed by atoms with Crippen molar-refractivity contribution in [3.8, 4) is 0 Å². The molecule has 1 aliphatic rings. The second kappa shape index (κ2) is 6.79. The van der Waals surface area contributed by atoms with E-state index in [1.54, 1.807) is 0 Å². The zero-order valence-corrected chi connectivity index (χ0v) is 8.69. The van der Waals surface area contributed by atoms with Gasteiger partial charge in [-0.3, -0.25) is 0 Å². The lowest BCUT2D eigenvalue weighted by atomic mass is 9.83. The molecule has 0 aromatic heterocycles. The Kier molecular flexibility index (Phi) is 5.88. The molecule has 0 radical (unpaired) electrons. The minimum atomic E-state index is 0.938. The van der Waals surface area contributed by atoms with E-state index < -0.39 is 0 Å². The van der Waals surface area contributed by atoms with Crippen molar-refractivity contribution >= 4 is 12.6 Å². The molecular formula is C10H20OS. The van der Waals surface area contributed by atoms with Crippen molar-refractivity contribution in [1.82, 2.24) is 0 Å². The van der Waals surface area contributed by atoms with Gasteiger partial charge in [-0.2, -0.15) is 12.6 Å². The first-order chi connectivity index (χ1) is 5.93. The summed E-state index contributed by atoms with van der Waals surface area (Å²) in [5.41, 5.74) is 0. The van der Waals surface area contributed by atoms with Crippen LogP contribution in [0.3, 0.4) is 0 Å². The summed E-state index contributed by atoms with van der Waals surface area (Å²) in [6.07, 6.45) is 7.99. The van der Waals surface area contributed by atoms with Gasteiger partial charge in [0.25, 0.3) is 0 Å². The lowest BCUT2D eigenvalue weighted by Crippen LogP contribution is -2.13. The summed E-state index contributed by atoms with van der Waals surface area (Å²) >= 11 is 4.15. The third-order valence-electron chi connectivity index (χ3n) is 2.59. The van der Waals surface area contributed by atoms with Gasteiger partial charge < -0.3 is 4.74 Å². The average Bonchev–Trinajstić information content (AvgIpc) is 2.00. The van der Waals surface area contributed by atoms with E-state index in [0.717, 1.165) is 24.9 Å². The molecule has 1 aliphatic carbocycles. The highest BCUT2D eigenvalue weighted by Crippen LogP contribution is 2.29. The number of hydrogen-bond acceptors (Lipinski definition) is 2. The number of rotatable bonds is 7. The van der Waals surface area contributed by atoms with Crippen molar-refractivity contribution in [1.29, 1.82) is 0 Å². The first-order valence-corrected chi connectivity index (χ1v) is 5.75. The molecule has 0 atom stereocenters. The molecular weight excluding hydrogens is 168 g/mol. The molecule has 0 amide bonds.